The van der Waals surface area contributed by atoms with Gasteiger partial charge in [0, 0.05) is 22.5 Å². The molecule has 5 rings (SSSR count). The molecule has 2 nitrogen and oxygen atoms in total. The molecule has 3 heteroatoms. The second-order valence-corrected chi connectivity index (χ2v) is 14.6. The molecule has 0 atom stereocenters. The van der Waals surface area contributed by atoms with Gasteiger partial charge in [-0.3, -0.25) is 4.98 Å². The fourth-order valence-electron chi connectivity index (χ4n) is 4.75. The van der Waals surface area contributed by atoms with E-state index in [9.17, 15) is 0 Å². The van der Waals surface area contributed by atoms with Crippen LogP contribution in [0.25, 0.3) is 33.2 Å². The molecule has 0 radical (unpaired) electrons. The molecule has 0 amide bonds. The van der Waals surface area contributed by atoms with E-state index < -0.39 is 8.07 Å². The first-order chi connectivity index (χ1) is 14.0. The van der Waals surface area contributed by atoms with Gasteiger partial charge in [-0.1, -0.05) is 68.4 Å². The molecule has 0 unspecified atom stereocenters. The molecule has 0 N–H and O–H groups in total. The Morgan fingerprint density at radius 2 is 1.72 bits per heavy atom. The van der Waals surface area contributed by atoms with E-state index in [1.807, 2.05) is 6.20 Å². The molecular weight excluding hydrogens is 370 g/mol. The molecule has 0 saturated heterocycles. The first kappa shape index (κ1) is 18.6. The van der Waals surface area contributed by atoms with Crippen molar-refractivity contribution in [1.29, 1.82) is 0 Å². The van der Waals surface area contributed by atoms with Crippen LogP contribution in [-0.4, -0.2) is 13.1 Å². The quantitative estimate of drug-likeness (QED) is 0.339. The van der Waals surface area contributed by atoms with Crippen molar-refractivity contribution in [2.24, 2.45) is 0 Å². The molecule has 4 aromatic rings. The number of fused-ring (bicyclic) bond motifs is 3. The lowest BCUT2D eigenvalue weighted by Gasteiger charge is -2.22. The molecule has 2 aromatic carbocycles. The first-order valence-electron chi connectivity index (χ1n) is 10.9. The molecule has 1 fully saturated rings. The van der Waals surface area contributed by atoms with Crippen molar-refractivity contribution in [3.05, 3.63) is 60.3 Å². The van der Waals surface area contributed by atoms with Gasteiger partial charge < -0.3 is 4.42 Å². The average Bonchev–Trinajstić information content (AvgIpc) is 3.12. The van der Waals surface area contributed by atoms with Crippen molar-refractivity contribution in [2.45, 2.75) is 57.7 Å². The van der Waals surface area contributed by atoms with E-state index in [-0.39, 0.29) is 0 Å². The average molecular weight is 400 g/mol. The topological polar surface area (TPSA) is 26.0 Å². The maximum Gasteiger partial charge on any atom is 0.144 e. The number of hydrogen-bond acceptors (Lipinski definition) is 2. The van der Waals surface area contributed by atoms with Crippen LogP contribution in [-0.2, 0) is 0 Å². The van der Waals surface area contributed by atoms with Crippen LogP contribution in [0.3, 0.4) is 0 Å². The van der Waals surface area contributed by atoms with E-state index in [2.05, 4.69) is 68.2 Å². The lowest BCUT2D eigenvalue weighted by molar-refractivity contribution is 0.443. The summed E-state index contributed by atoms with van der Waals surface area (Å²) in [5.74, 6) is 0.680. The summed E-state index contributed by atoms with van der Waals surface area (Å²) in [6, 6.07) is 17.7. The van der Waals surface area contributed by atoms with Gasteiger partial charge in [0.1, 0.15) is 11.2 Å². The summed E-state index contributed by atoms with van der Waals surface area (Å²) in [7, 11) is -1.37. The smallest absolute Gasteiger partial charge is 0.144 e. The zero-order chi connectivity index (χ0) is 20.0. The number of hydrogen-bond donors (Lipinski definition) is 0. The second-order valence-electron chi connectivity index (χ2n) is 9.55. The van der Waals surface area contributed by atoms with E-state index in [1.54, 1.807) is 0 Å². The van der Waals surface area contributed by atoms with E-state index in [4.69, 9.17) is 9.40 Å². The maximum absolute atomic E-state index is 6.37. The molecule has 1 aliphatic carbocycles. The summed E-state index contributed by atoms with van der Waals surface area (Å²) in [5.41, 5.74) is 5.50. The number of rotatable bonds is 3. The third-order valence-corrected chi connectivity index (χ3v) is 8.54. The number of para-hydroxylation sites is 1. The number of pyridine rings is 1. The molecule has 1 saturated carbocycles. The third kappa shape index (κ3) is 3.42. The lowest BCUT2D eigenvalue weighted by Crippen LogP contribution is -2.37. The van der Waals surface area contributed by atoms with Crippen LogP contribution in [0.15, 0.2) is 59.1 Å². The van der Waals surface area contributed by atoms with E-state index in [0.717, 1.165) is 22.4 Å². The van der Waals surface area contributed by atoms with Crippen molar-refractivity contribution >= 4 is 35.2 Å². The predicted octanol–water partition coefficient (Wildman–Crippen LogP) is 7.24. The van der Waals surface area contributed by atoms with Crippen LogP contribution in [0, 0.1) is 0 Å². The minimum atomic E-state index is -1.37. The fourth-order valence-corrected chi connectivity index (χ4v) is 5.91. The Morgan fingerprint density at radius 1 is 0.897 bits per heavy atom. The molecule has 29 heavy (non-hydrogen) atoms. The molecular formula is C26H29NOSi. The summed E-state index contributed by atoms with van der Waals surface area (Å²) < 4.78 is 6.37. The minimum absolute atomic E-state index is 0.680. The van der Waals surface area contributed by atoms with Gasteiger partial charge >= 0.3 is 0 Å². The Balaban J connectivity index is 1.64. The third-order valence-electron chi connectivity index (χ3n) is 6.50. The van der Waals surface area contributed by atoms with E-state index >= 15 is 0 Å². The van der Waals surface area contributed by atoms with Crippen LogP contribution < -0.4 is 5.19 Å². The molecule has 2 aromatic heterocycles. The minimum Gasteiger partial charge on any atom is -0.455 e. The van der Waals surface area contributed by atoms with Crippen LogP contribution >= 0.6 is 0 Å². The lowest BCUT2D eigenvalue weighted by atomic mass is 9.84. The Bertz CT molecular complexity index is 1180. The van der Waals surface area contributed by atoms with Gasteiger partial charge in [-0.05, 0) is 48.6 Å². The van der Waals surface area contributed by atoms with Crippen molar-refractivity contribution in [2.75, 3.05) is 0 Å². The SMILES string of the molecule is C[Si](C)(C)c1ccc2oc3c(-c4cc(C5CCCCC5)ccn4)cccc3c2c1. The highest BCUT2D eigenvalue weighted by atomic mass is 28.3. The molecule has 148 valence electrons. The Kier molecular flexibility index (Phi) is 4.58. The number of nitrogens with zero attached hydrogens (tertiary/aromatic N) is 1. The molecule has 0 aliphatic heterocycles. The van der Waals surface area contributed by atoms with Gasteiger partial charge in [-0.15, -0.1) is 0 Å². The van der Waals surface area contributed by atoms with Crippen molar-refractivity contribution in [1.82, 2.24) is 4.98 Å². The largest absolute Gasteiger partial charge is 0.455 e. The van der Waals surface area contributed by atoms with Gasteiger partial charge in [0.05, 0.1) is 13.8 Å². The van der Waals surface area contributed by atoms with Gasteiger partial charge in [0.15, 0.2) is 0 Å². The number of furan rings is 1. The van der Waals surface area contributed by atoms with Crippen LogP contribution in [0.4, 0.5) is 0 Å². The standard InChI is InChI=1S/C26H29NOSi/c1-29(2,3)20-12-13-25-23(17-20)21-10-7-11-22(26(21)28-25)24-16-19(14-15-27-24)18-8-5-4-6-9-18/h7,10-18H,4-6,8-9H2,1-3H3. The van der Waals surface area contributed by atoms with Gasteiger partial charge in [-0.25, -0.2) is 0 Å². The van der Waals surface area contributed by atoms with Gasteiger partial charge in [-0.2, -0.15) is 0 Å². The number of benzene rings is 2. The van der Waals surface area contributed by atoms with Crippen LogP contribution in [0.1, 0.15) is 43.6 Å². The van der Waals surface area contributed by atoms with E-state index in [0.29, 0.717) is 5.92 Å². The summed E-state index contributed by atoms with van der Waals surface area (Å²) >= 11 is 0. The van der Waals surface area contributed by atoms with Gasteiger partial charge in [0.2, 0.25) is 0 Å². The molecule has 0 bridgehead atoms. The summed E-state index contributed by atoms with van der Waals surface area (Å²) in [4.78, 5) is 4.73. The second kappa shape index (κ2) is 7.14. The first-order valence-corrected chi connectivity index (χ1v) is 14.4. The van der Waals surface area contributed by atoms with Gasteiger partial charge in [0.25, 0.3) is 0 Å². The Morgan fingerprint density at radius 3 is 2.52 bits per heavy atom. The Hall–Kier alpha value is -2.39. The highest BCUT2D eigenvalue weighted by Crippen LogP contribution is 2.37. The van der Waals surface area contributed by atoms with Crippen LogP contribution in [0.5, 0.6) is 0 Å². The van der Waals surface area contributed by atoms with Crippen molar-refractivity contribution < 1.29 is 4.42 Å². The van der Waals surface area contributed by atoms with Crippen molar-refractivity contribution in [3.63, 3.8) is 0 Å². The highest BCUT2D eigenvalue weighted by Gasteiger charge is 2.20. The maximum atomic E-state index is 6.37. The van der Waals surface area contributed by atoms with Crippen LogP contribution in [0.2, 0.25) is 19.6 Å². The van der Waals surface area contributed by atoms with E-state index in [1.165, 1.54) is 53.6 Å². The summed E-state index contributed by atoms with van der Waals surface area (Å²) in [5, 5.41) is 3.89. The Labute approximate surface area is 174 Å². The fraction of sp³-hybridized carbons (Fsp3) is 0.346. The molecule has 1 aliphatic rings. The normalized spacial score (nSPS) is 16.0. The summed E-state index contributed by atoms with van der Waals surface area (Å²) in [6.07, 6.45) is 8.66. The summed E-state index contributed by atoms with van der Waals surface area (Å²) in [6.45, 7) is 7.17. The predicted molar refractivity (Wildman–Crippen MR) is 126 cm³/mol. The highest BCUT2D eigenvalue weighted by molar-refractivity contribution is 6.88. The van der Waals surface area contributed by atoms with Crippen molar-refractivity contribution in [3.8, 4) is 11.3 Å². The monoisotopic (exact) mass is 399 g/mol. The zero-order valence-corrected chi connectivity index (χ0v) is 18.7. The number of aromatic nitrogens is 1. The molecule has 0 spiro atoms. The zero-order valence-electron chi connectivity index (χ0n) is 17.7. The molecule has 2 heterocycles.